The van der Waals surface area contributed by atoms with Gasteiger partial charge in [0.15, 0.2) is 0 Å². The molecule has 1 aliphatic carbocycles. The first-order chi connectivity index (χ1) is 21.1. The van der Waals surface area contributed by atoms with E-state index in [9.17, 15) is 0 Å². The largest absolute Gasteiger partial charge is 0.385 e. The van der Waals surface area contributed by atoms with Crippen molar-refractivity contribution in [1.29, 1.82) is 0 Å². The summed E-state index contributed by atoms with van der Waals surface area (Å²) < 4.78 is 0. The quantitative estimate of drug-likeness (QED) is 0.115. The molecule has 3 nitrogen and oxygen atoms in total. The highest BCUT2D eigenvalue weighted by molar-refractivity contribution is 5.76. The number of allylic oxidation sites excluding steroid dienone is 3. The number of anilines is 2. The molecule has 3 aromatic carbocycles. The van der Waals surface area contributed by atoms with Crippen LogP contribution in [-0.2, 0) is 0 Å². The van der Waals surface area contributed by atoms with Crippen molar-refractivity contribution in [1.82, 2.24) is 5.32 Å². The van der Waals surface area contributed by atoms with Crippen LogP contribution in [0.1, 0.15) is 76.3 Å². The van der Waals surface area contributed by atoms with E-state index < -0.39 is 0 Å². The minimum absolute atomic E-state index is 0.392. The molecule has 0 saturated heterocycles. The minimum atomic E-state index is 0.392. The maximum absolute atomic E-state index is 4.40. The van der Waals surface area contributed by atoms with Gasteiger partial charge < -0.3 is 16.0 Å². The minimum Gasteiger partial charge on any atom is -0.385 e. The van der Waals surface area contributed by atoms with Crippen LogP contribution in [0.3, 0.4) is 0 Å². The van der Waals surface area contributed by atoms with Crippen LogP contribution in [0.5, 0.6) is 0 Å². The highest BCUT2D eigenvalue weighted by Gasteiger charge is 2.18. The molecule has 0 heterocycles. The Morgan fingerprint density at radius 3 is 1.82 bits per heavy atom. The zero-order valence-corrected chi connectivity index (χ0v) is 27.6. The van der Waals surface area contributed by atoms with Gasteiger partial charge in [-0.15, -0.1) is 0 Å². The standard InChI is InChI=1S/C41H53N3/c1-28(2)42-27-29(3)13-9-10-14-30(4)33(7)43-40-25-38(19-17-31(40)5)36-21-23-37(24-22-36)39-20-18-32(6)41(26-39)44-34(8)35-15-11-12-16-35/h17-26,30,35,42-44H,1,3,7-16,27H2,2,4-6H3/t30-/m0/s1. The summed E-state index contributed by atoms with van der Waals surface area (Å²) >= 11 is 0. The predicted molar refractivity (Wildman–Crippen MR) is 194 cm³/mol. The summed E-state index contributed by atoms with van der Waals surface area (Å²) in [6.07, 6.45) is 9.60. The Hall–Kier alpha value is -3.98. The van der Waals surface area contributed by atoms with Gasteiger partial charge in [0.2, 0.25) is 0 Å². The number of hydrogen-bond acceptors (Lipinski definition) is 3. The van der Waals surface area contributed by atoms with Crippen LogP contribution in [-0.4, -0.2) is 6.54 Å². The van der Waals surface area contributed by atoms with Crippen LogP contribution < -0.4 is 16.0 Å². The van der Waals surface area contributed by atoms with Gasteiger partial charge in [0, 0.05) is 35.0 Å². The molecule has 1 saturated carbocycles. The van der Waals surface area contributed by atoms with Crippen LogP contribution in [0.4, 0.5) is 11.4 Å². The van der Waals surface area contributed by atoms with Crippen LogP contribution in [0.25, 0.3) is 22.3 Å². The lowest BCUT2D eigenvalue weighted by molar-refractivity contribution is 0.558. The first-order valence-electron chi connectivity index (χ1n) is 16.4. The lowest BCUT2D eigenvalue weighted by Gasteiger charge is -2.19. The second-order valence-corrected chi connectivity index (χ2v) is 12.9. The molecule has 232 valence electrons. The van der Waals surface area contributed by atoms with Gasteiger partial charge in [-0.1, -0.05) is 107 Å². The molecule has 0 unspecified atom stereocenters. The molecule has 0 spiro atoms. The Bertz CT molecular complexity index is 1470. The van der Waals surface area contributed by atoms with E-state index in [1.807, 2.05) is 6.92 Å². The Balaban J connectivity index is 1.35. The van der Waals surface area contributed by atoms with Crippen molar-refractivity contribution in [3.8, 4) is 22.3 Å². The molecule has 1 atom stereocenters. The number of nitrogens with one attached hydrogen (secondary N) is 3. The smallest absolute Gasteiger partial charge is 0.0417 e. The van der Waals surface area contributed by atoms with Crippen molar-refractivity contribution in [2.75, 3.05) is 17.2 Å². The molecule has 1 fully saturated rings. The SMILES string of the molecule is C=C(CCCC[C@H](C)C(=C)Nc1cc(-c2ccc(-c3ccc(C)c(NC(=C)C4CCCC4)c3)cc2)ccc1C)CNC(=C)C. The van der Waals surface area contributed by atoms with Gasteiger partial charge in [0.25, 0.3) is 0 Å². The summed E-state index contributed by atoms with van der Waals surface area (Å²) in [4.78, 5) is 0. The van der Waals surface area contributed by atoms with Gasteiger partial charge in [-0.25, -0.2) is 0 Å². The third kappa shape index (κ3) is 9.26. The molecule has 0 aromatic heterocycles. The van der Waals surface area contributed by atoms with Crippen molar-refractivity contribution < 1.29 is 0 Å². The molecule has 3 aromatic rings. The van der Waals surface area contributed by atoms with E-state index in [2.05, 4.69) is 124 Å². The molecule has 0 aliphatic heterocycles. The summed E-state index contributed by atoms with van der Waals surface area (Å²) in [5, 5.41) is 10.6. The summed E-state index contributed by atoms with van der Waals surface area (Å²) in [6, 6.07) is 22.3. The van der Waals surface area contributed by atoms with Gasteiger partial charge in [-0.3, -0.25) is 0 Å². The van der Waals surface area contributed by atoms with Gasteiger partial charge in [0.1, 0.15) is 0 Å². The van der Waals surface area contributed by atoms with Crippen LogP contribution >= 0.6 is 0 Å². The molecular formula is C41H53N3. The molecule has 44 heavy (non-hydrogen) atoms. The van der Waals surface area contributed by atoms with E-state index in [1.54, 1.807) is 0 Å². The van der Waals surface area contributed by atoms with E-state index >= 15 is 0 Å². The zero-order valence-electron chi connectivity index (χ0n) is 27.6. The lowest BCUT2D eigenvalue weighted by atomic mass is 9.97. The zero-order chi connectivity index (χ0) is 31.6. The van der Waals surface area contributed by atoms with E-state index in [-0.39, 0.29) is 0 Å². The number of rotatable bonds is 16. The van der Waals surface area contributed by atoms with Crippen LogP contribution in [0.2, 0.25) is 0 Å². The third-order valence-electron chi connectivity index (χ3n) is 9.12. The predicted octanol–water partition coefficient (Wildman–Crippen LogP) is 11.6. The van der Waals surface area contributed by atoms with Crippen molar-refractivity contribution in [3.63, 3.8) is 0 Å². The fourth-order valence-electron chi connectivity index (χ4n) is 5.94. The maximum Gasteiger partial charge on any atom is 0.0417 e. The Kier molecular flexibility index (Phi) is 11.7. The van der Waals surface area contributed by atoms with E-state index in [0.29, 0.717) is 11.8 Å². The van der Waals surface area contributed by atoms with Crippen molar-refractivity contribution in [2.24, 2.45) is 11.8 Å². The summed E-state index contributed by atoms with van der Waals surface area (Å²) in [7, 11) is 0. The fraction of sp³-hybridized carbons (Fsp3) is 0.366. The summed E-state index contributed by atoms with van der Waals surface area (Å²) in [5.41, 5.74) is 14.0. The molecule has 0 amide bonds. The van der Waals surface area contributed by atoms with E-state index in [4.69, 9.17) is 0 Å². The normalized spacial score (nSPS) is 13.7. The third-order valence-corrected chi connectivity index (χ3v) is 9.12. The summed E-state index contributed by atoms with van der Waals surface area (Å²) in [6.45, 7) is 26.2. The van der Waals surface area contributed by atoms with Crippen LogP contribution in [0, 0.1) is 25.7 Å². The van der Waals surface area contributed by atoms with Gasteiger partial charge in [-0.2, -0.15) is 0 Å². The second-order valence-electron chi connectivity index (χ2n) is 12.9. The van der Waals surface area contributed by atoms with Crippen molar-refractivity contribution >= 4 is 11.4 Å². The molecule has 3 N–H and O–H groups in total. The molecule has 0 radical (unpaired) electrons. The van der Waals surface area contributed by atoms with E-state index in [1.165, 1.54) is 64.6 Å². The molecule has 0 bridgehead atoms. The highest BCUT2D eigenvalue weighted by Crippen LogP contribution is 2.34. The van der Waals surface area contributed by atoms with Crippen molar-refractivity contribution in [2.45, 2.75) is 79.1 Å². The topological polar surface area (TPSA) is 36.1 Å². The second kappa shape index (κ2) is 15.7. The van der Waals surface area contributed by atoms with Gasteiger partial charge in [-0.05, 0) is 110 Å². The monoisotopic (exact) mass is 587 g/mol. The average molecular weight is 588 g/mol. The molecule has 4 rings (SSSR count). The molecule has 3 heteroatoms. The average Bonchev–Trinajstić information content (AvgIpc) is 3.56. The Morgan fingerprint density at radius 2 is 1.27 bits per heavy atom. The van der Waals surface area contributed by atoms with E-state index in [0.717, 1.165) is 60.7 Å². The Labute approximate surface area is 267 Å². The first kappa shape index (κ1) is 32.9. The maximum atomic E-state index is 4.40. The van der Waals surface area contributed by atoms with Gasteiger partial charge in [0.05, 0.1) is 0 Å². The number of unbranched alkanes of at least 4 members (excludes halogenated alkanes) is 1. The fourth-order valence-corrected chi connectivity index (χ4v) is 5.94. The number of benzene rings is 3. The number of aryl methyl sites for hydroxylation is 2. The summed E-state index contributed by atoms with van der Waals surface area (Å²) in [5.74, 6) is 0.987. The van der Waals surface area contributed by atoms with Crippen LogP contribution in [0.15, 0.2) is 110 Å². The number of hydrogen-bond donors (Lipinski definition) is 3. The Morgan fingerprint density at radius 1 is 0.750 bits per heavy atom. The highest BCUT2D eigenvalue weighted by atomic mass is 14.9. The first-order valence-corrected chi connectivity index (χ1v) is 16.4. The van der Waals surface area contributed by atoms with Gasteiger partial charge >= 0.3 is 0 Å². The molecule has 1 aliphatic rings. The van der Waals surface area contributed by atoms with Crippen molar-refractivity contribution in [3.05, 3.63) is 121 Å². The molecular weight excluding hydrogens is 534 g/mol. The lowest BCUT2D eigenvalue weighted by Crippen LogP contribution is -2.13.